The number of nitro groups is 1. The Balaban J connectivity index is 2.80. The summed E-state index contributed by atoms with van der Waals surface area (Å²) in [4.78, 5) is 10.0. The second kappa shape index (κ2) is 6.07. The Hall–Kier alpha value is -1.62. The molecule has 0 aliphatic heterocycles. The molecule has 0 heterocycles. The van der Waals surface area contributed by atoms with Crippen LogP contribution in [0, 0.1) is 10.1 Å². The van der Waals surface area contributed by atoms with E-state index in [-0.39, 0.29) is 12.3 Å². The largest absolute Gasteiger partial charge is 0.493 e. The van der Waals surface area contributed by atoms with Gasteiger partial charge in [0.1, 0.15) is 5.75 Å². The molecule has 0 radical (unpaired) electrons. The van der Waals surface area contributed by atoms with Crippen LogP contribution in [0.2, 0.25) is 0 Å². The number of benzene rings is 1. The van der Waals surface area contributed by atoms with Gasteiger partial charge >= 0.3 is 0 Å². The lowest BCUT2D eigenvalue weighted by molar-refractivity contribution is -0.385. The van der Waals surface area contributed by atoms with Crippen LogP contribution in [-0.2, 0) is 6.61 Å². The Morgan fingerprint density at radius 1 is 1.50 bits per heavy atom. The van der Waals surface area contributed by atoms with Gasteiger partial charge in [0.15, 0.2) is 0 Å². The van der Waals surface area contributed by atoms with E-state index in [2.05, 4.69) is 0 Å². The summed E-state index contributed by atoms with van der Waals surface area (Å²) in [7, 11) is 0. The standard InChI is InChI=1S/C11H15NO4/c1-2-3-6-16-11-5-4-10(12(14)15)7-9(11)8-13/h4-5,7,13H,2-3,6,8H2,1H3. The number of rotatable bonds is 6. The maximum atomic E-state index is 10.5. The minimum atomic E-state index is -0.491. The normalized spacial score (nSPS) is 10.1. The zero-order valence-electron chi connectivity index (χ0n) is 9.18. The van der Waals surface area contributed by atoms with Crippen molar-refractivity contribution in [2.75, 3.05) is 6.61 Å². The lowest BCUT2D eigenvalue weighted by atomic mass is 10.2. The molecule has 0 aliphatic carbocycles. The maximum Gasteiger partial charge on any atom is 0.270 e. The van der Waals surface area contributed by atoms with Gasteiger partial charge in [0, 0.05) is 17.7 Å². The van der Waals surface area contributed by atoms with Crippen LogP contribution < -0.4 is 4.74 Å². The minimum absolute atomic E-state index is 0.0353. The van der Waals surface area contributed by atoms with Crippen LogP contribution in [0.3, 0.4) is 0 Å². The van der Waals surface area contributed by atoms with Crippen LogP contribution in [0.4, 0.5) is 5.69 Å². The molecule has 5 heteroatoms. The number of aliphatic hydroxyl groups is 1. The predicted molar refractivity (Wildman–Crippen MR) is 59.4 cm³/mol. The summed E-state index contributed by atoms with van der Waals surface area (Å²) < 4.78 is 5.42. The highest BCUT2D eigenvalue weighted by molar-refractivity contribution is 5.43. The first kappa shape index (κ1) is 12.4. The number of aliphatic hydroxyl groups excluding tert-OH is 1. The van der Waals surface area contributed by atoms with Crippen molar-refractivity contribution in [1.82, 2.24) is 0 Å². The van der Waals surface area contributed by atoms with E-state index in [0.29, 0.717) is 17.9 Å². The van der Waals surface area contributed by atoms with E-state index in [0.717, 1.165) is 12.8 Å². The zero-order valence-corrected chi connectivity index (χ0v) is 9.18. The topological polar surface area (TPSA) is 72.6 Å². The molecule has 16 heavy (non-hydrogen) atoms. The van der Waals surface area contributed by atoms with Crippen LogP contribution in [0.1, 0.15) is 25.3 Å². The Morgan fingerprint density at radius 2 is 2.25 bits per heavy atom. The molecule has 0 amide bonds. The third-order valence-corrected chi connectivity index (χ3v) is 2.18. The summed E-state index contributed by atoms with van der Waals surface area (Å²) in [6, 6.07) is 4.24. The molecular weight excluding hydrogens is 210 g/mol. The van der Waals surface area contributed by atoms with E-state index in [4.69, 9.17) is 9.84 Å². The van der Waals surface area contributed by atoms with Gasteiger partial charge in [-0.3, -0.25) is 10.1 Å². The fourth-order valence-corrected chi connectivity index (χ4v) is 1.27. The van der Waals surface area contributed by atoms with Crippen molar-refractivity contribution in [3.8, 4) is 5.75 Å². The van der Waals surface area contributed by atoms with Gasteiger partial charge in [0.05, 0.1) is 18.1 Å². The Morgan fingerprint density at radius 3 is 2.81 bits per heavy atom. The van der Waals surface area contributed by atoms with Crippen molar-refractivity contribution in [2.24, 2.45) is 0 Å². The van der Waals surface area contributed by atoms with Gasteiger partial charge in [-0.25, -0.2) is 0 Å². The molecule has 0 aromatic heterocycles. The van der Waals surface area contributed by atoms with Crippen molar-refractivity contribution in [3.63, 3.8) is 0 Å². The molecular formula is C11H15NO4. The monoisotopic (exact) mass is 225 g/mol. The third kappa shape index (κ3) is 3.20. The summed E-state index contributed by atoms with van der Waals surface area (Å²) >= 11 is 0. The van der Waals surface area contributed by atoms with Gasteiger partial charge in [-0.15, -0.1) is 0 Å². The summed E-state index contributed by atoms with van der Waals surface area (Å²) in [6.45, 7) is 2.34. The molecule has 0 saturated carbocycles. The van der Waals surface area contributed by atoms with E-state index >= 15 is 0 Å². The van der Waals surface area contributed by atoms with Crippen LogP contribution >= 0.6 is 0 Å². The summed E-state index contributed by atoms with van der Waals surface area (Å²) in [5.41, 5.74) is 0.414. The molecule has 0 spiro atoms. The minimum Gasteiger partial charge on any atom is -0.493 e. The van der Waals surface area contributed by atoms with Crippen molar-refractivity contribution < 1.29 is 14.8 Å². The molecule has 0 aliphatic rings. The molecule has 0 saturated heterocycles. The number of hydrogen-bond acceptors (Lipinski definition) is 4. The van der Waals surface area contributed by atoms with Crippen molar-refractivity contribution in [1.29, 1.82) is 0 Å². The van der Waals surface area contributed by atoms with Crippen molar-refractivity contribution in [3.05, 3.63) is 33.9 Å². The number of unbranched alkanes of at least 4 members (excludes halogenated alkanes) is 1. The Labute approximate surface area is 93.8 Å². The van der Waals surface area contributed by atoms with Gasteiger partial charge in [-0.1, -0.05) is 13.3 Å². The van der Waals surface area contributed by atoms with Gasteiger partial charge in [0.2, 0.25) is 0 Å². The van der Waals surface area contributed by atoms with Crippen LogP contribution in [-0.4, -0.2) is 16.6 Å². The third-order valence-electron chi connectivity index (χ3n) is 2.18. The highest BCUT2D eigenvalue weighted by Gasteiger charge is 2.10. The van der Waals surface area contributed by atoms with Gasteiger partial charge in [-0.2, -0.15) is 0 Å². The Bertz CT molecular complexity index is 365. The first-order valence-corrected chi connectivity index (χ1v) is 5.20. The second-order valence-corrected chi connectivity index (χ2v) is 3.41. The molecule has 1 rings (SSSR count). The molecule has 0 fully saturated rings. The average molecular weight is 225 g/mol. The van der Waals surface area contributed by atoms with Gasteiger partial charge < -0.3 is 9.84 Å². The molecule has 0 unspecified atom stereocenters. The number of ether oxygens (including phenoxy) is 1. The smallest absolute Gasteiger partial charge is 0.270 e. The van der Waals surface area contributed by atoms with E-state index < -0.39 is 4.92 Å². The van der Waals surface area contributed by atoms with E-state index in [1.165, 1.54) is 18.2 Å². The van der Waals surface area contributed by atoms with Gasteiger partial charge in [0.25, 0.3) is 5.69 Å². The van der Waals surface area contributed by atoms with E-state index in [1.807, 2.05) is 6.92 Å². The fraction of sp³-hybridized carbons (Fsp3) is 0.455. The fourth-order valence-electron chi connectivity index (χ4n) is 1.27. The van der Waals surface area contributed by atoms with Crippen LogP contribution in [0.5, 0.6) is 5.75 Å². The Kier molecular flexibility index (Phi) is 4.72. The summed E-state index contributed by atoms with van der Waals surface area (Å²) in [6.07, 6.45) is 1.93. The highest BCUT2D eigenvalue weighted by Crippen LogP contribution is 2.24. The molecule has 88 valence electrons. The molecule has 0 atom stereocenters. The number of nitrogens with zero attached hydrogens (tertiary/aromatic N) is 1. The molecule has 5 nitrogen and oxygen atoms in total. The molecule has 1 aromatic rings. The molecule has 0 bridgehead atoms. The zero-order chi connectivity index (χ0) is 12.0. The first-order chi connectivity index (χ1) is 7.69. The molecule has 1 aromatic carbocycles. The number of nitro benzene ring substituents is 1. The van der Waals surface area contributed by atoms with Crippen molar-refractivity contribution >= 4 is 5.69 Å². The first-order valence-electron chi connectivity index (χ1n) is 5.20. The maximum absolute atomic E-state index is 10.5. The summed E-state index contributed by atoms with van der Waals surface area (Å²) in [5, 5.41) is 19.6. The second-order valence-electron chi connectivity index (χ2n) is 3.41. The highest BCUT2D eigenvalue weighted by atomic mass is 16.6. The predicted octanol–water partition coefficient (Wildman–Crippen LogP) is 2.27. The lowest BCUT2D eigenvalue weighted by Gasteiger charge is -2.09. The summed E-state index contributed by atoms with van der Waals surface area (Å²) in [5.74, 6) is 0.515. The van der Waals surface area contributed by atoms with Gasteiger partial charge in [-0.05, 0) is 12.5 Å². The molecule has 1 N–H and O–H groups in total. The van der Waals surface area contributed by atoms with E-state index in [1.54, 1.807) is 0 Å². The average Bonchev–Trinajstić information content (AvgIpc) is 2.29. The van der Waals surface area contributed by atoms with E-state index in [9.17, 15) is 10.1 Å². The quantitative estimate of drug-likeness (QED) is 0.458. The number of hydrogen-bond donors (Lipinski definition) is 1. The SMILES string of the molecule is CCCCOc1ccc([N+](=O)[O-])cc1CO. The van der Waals surface area contributed by atoms with Crippen molar-refractivity contribution in [2.45, 2.75) is 26.4 Å². The lowest BCUT2D eigenvalue weighted by Crippen LogP contribution is -2.00. The number of non-ortho nitro benzene ring substituents is 1. The van der Waals surface area contributed by atoms with Crippen LogP contribution in [0.25, 0.3) is 0 Å². The van der Waals surface area contributed by atoms with Crippen LogP contribution in [0.15, 0.2) is 18.2 Å².